The van der Waals surface area contributed by atoms with Crippen molar-refractivity contribution in [2.24, 2.45) is 5.73 Å². The Morgan fingerprint density at radius 1 is 1.53 bits per heavy atom. The Labute approximate surface area is 102 Å². The summed E-state index contributed by atoms with van der Waals surface area (Å²) in [7, 11) is 0. The molecule has 0 aliphatic heterocycles. The van der Waals surface area contributed by atoms with E-state index in [0.717, 1.165) is 29.7 Å². The number of carbonyl (C=O) groups is 1. The molecule has 0 atom stereocenters. The van der Waals surface area contributed by atoms with Crippen LogP contribution in [0.1, 0.15) is 24.8 Å². The van der Waals surface area contributed by atoms with Gasteiger partial charge in [-0.3, -0.25) is 4.79 Å². The minimum absolute atomic E-state index is 0.211. The summed E-state index contributed by atoms with van der Waals surface area (Å²) in [5, 5.41) is 5.45. The molecule has 0 unspecified atom stereocenters. The van der Waals surface area contributed by atoms with Gasteiger partial charge in [-0.2, -0.15) is 0 Å². The molecule has 0 saturated heterocycles. The van der Waals surface area contributed by atoms with Crippen molar-refractivity contribution in [3.63, 3.8) is 0 Å². The number of unbranched alkanes of at least 4 members (excludes halogenated alkanes) is 1. The van der Waals surface area contributed by atoms with Gasteiger partial charge in [0.25, 0.3) is 0 Å². The number of carbonyl (C=O) groups excluding carboxylic acids is 1. The van der Waals surface area contributed by atoms with Gasteiger partial charge in [0.1, 0.15) is 0 Å². The fourth-order valence-electron chi connectivity index (χ4n) is 1.22. The molecule has 0 saturated carbocycles. The summed E-state index contributed by atoms with van der Waals surface area (Å²) in [4.78, 5) is 10.5. The SMILES string of the molecule is NC(=O)CCCCNCc1csc(Br)c1. The Morgan fingerprint density at radius 2 is 2.33 bits per heavy atom. The molecule has 0 bridgehead atoms. The third-order valence-electron chi connectivity index (χ3n) is 1.98. The molecule has 3 N–H and O–H groups in total. The van der Waals surface area contributed by atoms with Gasteiger partial charge in [0.05, 0.1) is 3.79 Å². The standard InChI is InChI=1S/C10H15BrN2OS/c11-9-5-8(7-15-9)6-13-4-2-1-3-10(12)14/h5,7,13H,1-4,6H2,(H2,12,14). The average Bonchev–Trinajstić information content (AvgIpc) is 2.57. The van der Waals surface area contributed by atoms with Gasteiger partial charge in [-0.15, -0.1) is 11.3 Å². The summed E-state index contributed by atoms with van der Waals surface area (Å²) in [6.07, 6.45) is 2.36. The van der Waals surface area contributed by atoms with Gasteiger partial charge in [-0.05, 0) is 52.3 Å². The highest BCUT2D eigenvalue weighted by molar-refractivity contribution is 9.11. The smallest absolute Gasteiger partial charge is 0.217 e. The molecule has 1 aromatic heterocycles. The highest BCUT2D eigenvalue weighted by Crippen LogP contribution is 2.20. The molecule has 0 radical (unpaired) electrons. The second-order valence-electron chi connectivity index (χ2n) is 3.36. The number of rotatable bonds is 7. The quantitative estimate of drug-likeness (QED) is 0.757. The number of halogens is 1. The number of hydrogen-bond acceptors (Lipinski definition) is 3. The van der Waals surface area contributed by atoms with Crippen LogP contribution in [-0.2, 0) is 11.3 Å². The first-order valence-electron chi connectivity index (χ1n) is 4.90. The maximum Gasteiger partial charge on any atom is 0.217 e. The Morgan fingerprint density at radius 3 is 2.93 bits per heavy atom. The van der Waals surface area contributed by atoms with Crippen LogP contribution in [0.2, 0.25) is 0 Å². The van der Waals surface area contributed by atoms with Crippen molar-refractivity contribution in [2.45, 2.75) is 25.8 Å². The Bertz CT molecular complexity index is 314. The molecule has 0 spiro atoms. The number of amides is 1. The molecule has 1 aromatic rings. The van der Waals surface area contributed by atoms with Crippen molar-refractivity contribution in [2.75, 3.05) is 6.54 Å². The Hall–Kier alpha value is -0.390. The molecule has 0 aliphatic carbocycles. The fraction of sp³-hybridized carbons (Fsp3) is 0.500. The van der Waals surface area contributed by atoms with Crippen LogP contribution in [0.25, 0.3) is 0 Å². The topological polar surface area (TPSA) is 55.1 Å². The van der Waals surface area contributed by atoms with E-state index in [0.29, 0.717) is 6.42 Å². The summed E-state index contributed by atoms with van der Waals surface area (Å²) in [6.45, 7) is 1.82. The Balaban J connectivity index is 2.00. The van der Waals surface area contributed by atoms with E-state index >= 15 is 0 Å². The van der Waals surface area contributed by atoms with E-state index in [1.54, 1.807) is 11.3 Å². The maximum atomic E-state index is 10.5. The zero-order valence-electron chi connectivity index (χ0n) is 8.46. The summed E-state index contributed by atoms with van der Waals surface area (Å²) in [6, 6.07) is 2.11. The minimum Gasteiger partial charge on any atom is -0.370 e. The van der Waals surface area contributed by atoms with Crippen LogP contribution in [0.4, 0.5) is 0 Å². The first kappa shape index (κ1) is 12.7. The van der Waals surface area contributed by atoms with Crippen LogP contribution >= 0.6 is 27.3 Å². The fourth-order valence-corrected chi connectivity index (χ4v) is 2.43. The van der Waals surface area contributed by atoms with Gasteiger partial charge >= 0.3 is 0 Å². The maximum absolute atomic E-state index is 10.5. The van der Waals surface area contributed by atoms with Crippen LogP contribution < -0.4 is 11.1 Å². The van der Waals surface area contributed by atoms with E-state index in [-0.39, 0.29) is 5.91 Å². The van der Waals surface area contributed by atoms with E-state index < -0.39 is 0 Å². The van der Waals surface area contributed by atoms with Crippen LogP contribution in [0, 0.1) is 0 Å². The van der Waals surface area contributed by atoms with E-state index in [9.17, 15) is 4.79 Å². The summed E-state index contributed by atoms with van der Waals surface area (Å²) in [5.74, 6) is -0.211. The number of hydrogen-bond donors (Lipinski definition) is 2. The van der Waals surface area contributed by atoms with Gasteiger partial charge in [-0.25, -0.2) is 0 Å². The van der Waals surface area contributed by atoms with Crippen LogP contribution in [0.5, 0.6) is 0 Å². The monoisotopic (exact) mass is 290 g/mol. The first-order chi connectivity index (χ1) is 7.18. The van der Waals surface area contributed by atoms with Gasteiger partial charge in [0.2, 0.25) is 5.91 Å². The molecule has 0 aliphatic rings. The molecular formula is C10H15BrN2OS. The molecule has 1 rings (SSSR count). The number of nitrogens with two attached hydrogens (primary N) is 1. The average molecular weight is 291 g/mol. The Kier molecular flexibility index (Phi) is 5.90. The zero-order chi connectivity index (χ0) is 11.1. The predicted molar refractivity (Wildman–Crippen MR) is 66.8 cm³/mol. The van der Waals surface area contributed by atoms with Gasteiger partial charge in [0.15, 0.2) is 0 Å². The van der Waals surface area contributed by atoms with Crippen molar-refractivity contribution >= 4 is 33.2 Å². The first-order valence-corrected chi connectivity index (χ1v) is 6.57. The lowest BCUT2D eigenvalue weighted by molar-refractivity contribution is -0.118. The number of thiophene rings is 1. The second kappa shape index (κ2) is 6.98. The lowest BCUT2D eigenvalue weighted by Crippen LogP contribution is -2.15. The van der Waals surface area contributed by atoms with E-state index in [1.807, 2.05) is 0 Å². The molecule has 15 heavy (non-hydrogen) atoms. The molecule has 1 heterocycles. The molecular weight excluding hydrogens is 276 g/mol. The van der Waals surface area contributed by atoms with Crippen molar-refractivity contribution < 1.29 is 4.79 Å². The molecule has 1 amide bonds. The van der Waals surface area contributed by atoms with Gasteiger partial charge in [0, 0.05) is 13.0 Å². The molecule has 3 nitrogen and oxygen atoms in total. The summed E-state index contributed by atoms with van der Waals surface area (Å²) in [5.41, 5.74) is 6.33. The minimum atomic E-state index is -0.211. The normalized spacial score (nSPS) is 10.5. The van der Waals surface area contributed by atoms with Crippen molar-refractivity contribution in [3.8, 4) is 0 Å². The molecule has 84 valence electrons. The van der Waals surface area contributed by atoms with Gasteiger partial charge in [-0.1, -0.05) is 0 Å². The van der Waals surface area contributed by atoms with Crippen LogP contribution in [0.3, 0.4) is 0 Å². The second-order valence-corrected chi connectivity index (χ2v) is 5.65. The number of nitrogens with one attached hydrogen (secondary N) is 1. The molecule has 0 fully saturated rings. The molecule has 0 aromatic carbocycles. The summed E-state index contributed by atoms with van der Waals surface area (Å²) < 4.78 is 1.16. The lowest BCUT2D eigenvalue weighted by Gasteiger charge is -2.01. The lowest BCUT2D eigenvalue weighted by atomic mass is 10.2. The largest absolute Gasteiger partial charge is 0.370 e. The van der Waals surface area contributed by atoms with E-state index in [4.69, 9.17) is 5.73 Å². The number of primary amides is 1. The van der Waals surface area contributed by atoms with Crippen molar-refractivity contribution in [1.29, 1.82) is 0 Å². The highest BCUT2D eigenvalue weighted by Gasteiger charge is 1.97. The third-order valence-corrected chi connectivity index (χ3v) is 3.53. The van der Waals surface area contributed by atoms with E-state index in [2.05, 4.69) is 32.7 Å². The highest BCUT2D eigenvalue weighted by atomic mass is 79.9. The van der Waals surface area contributed by atoms with E-state index in [1.165, 1.54) is 5.56 Å². The zero-order valence-corrected chi connectivity index (χ0v) is 10.9. The third kappa shape index (κ3) is 5.92. The van der Waals surface area contributed by atoms with Crippen LogP contribution in [-0.4, -0.2) is 12.5 Å². The predicted octanol–water partition coefficient (Wildman–Crippen LogP) is 2.26. The van der Waals surface area contributed by atoms with Gasteiger partial charge < -0.3 is 11.1 Å². The molecule has 5 heteroatoms. The van der Waals surface area contributed by atoms with Crippen molar-refractivity contribution in [3.05, 3.63) is 20.8 Å². The van der Waals surface area contributed by atoms with Crippen LogP contribution in [0.15, 0.2) is 15.2 Å². The van der Waals surface area contributed by atoms with Crippen molar-refractivity contribution in [1.82, 2.24) is 5.32 Å². The summed E-state index contributed by atoms with van der Waals surface area (Å²) >= 11 is 5.11.